The molecule has 6 nitrogen and oxygen atoms in total. The van der Waals surface area contributed by atoms with Crippen LogP contribution in [0, 0.1) is 0 Å². The molecule has 30 heavy (non-hydrogen) atoms. The molecule has 0 aromatic heterocycles. The molecule has 0 bridgehead atoms. The van der Waals surface area contributed by atoms with Gasteiger partial charge in [-0.2, -0.15) is 22.0 Å². The summed E-state index contributed by atoms with van der Waals surface area (Å²) in [5.74, 6) is 1.96. The highest BCUT2D eigenvalue weighted by Crippen LogP contribution is 2.63. The van der Waals surface area contributed by atoms with Crippen LogP contribution in [0.1, 0.15) is 39.2 Å². The van der Waals surface area contributed by atoms with Crippen LogP contribution >= 0.6 is 34.4 Å². The first-order valence-corrected chi connectivity index (χ1v) is 13.1. The lowest BCUT2D eigenvalue weighted by molar-refractivity contribution is -0.151. The zero-order valence-corrected chi connectivity index (χ0v) is 20.3. The van der Waals surface area contributed by atoms with E-state index in [2.05, 4.69) is 5.32 Å². The van der Waals surface area contributed by atoms with Gasteiger partial charge < -0.3 is 9.47 Å². The maximum atomic E-state index is 13.0. The molecule has 2 atom stereocenters. The van der Waals surface area contributed by atoms with E-state index in [0.29, 0.717) is 5.88 Å². The van der Waals surface area contributed by atoms with Gasteiger partial charge in [0, 0.05) is 10.6 Å². The van der Waals surface area contributed by atoms with Gasteiger partial charge in [0.05, 0.1) is 5.75 Å². The molecule has 2 heterocycles. The van der Waals surface area contributed by atoms with Gasteiger partial charge in [-0.3, -0.25) is 20.0 Å². The second-order valence-electron chi connectivity index (χ2n) is 8.73. The number of ether oxygens (including phenoxy) is 2. The summed E-state index contributed by atoms with van der Waals surface area (Å²) in [6, 6.07) is 9.17. The molecule has 2 fully saturated rings. The summed E-state index contributed by atoms with van der Waals surface area (Å²) in [6.45, 7) is 5.80. The van der Waals surface area contributed by atoms with Crippen LogP contribution in [0.3, 0.4) is 0 Å². The van der Waals surface area contributed by atoms with Crippen molar-refractivity contribution in [2.75, 3.05) is 23.1 Å². The number of benzene rings is 1. The highest BCUT2D eigenvalue weighted by Gasteiger charge is 2.59. The van der Waals surface area contributed by atoms with E-state index in [9.17, 15) is 9.59 Å². The van der Waals surface area contributed by atoms with E-state index >= 15 is 0 Å². The van der Waals surface area contributed by atoms with Crippen molar-refractivity contribution in [3.8, 4) is 0 Å². The summed E-state index contributed by atoms with van der Waals surface area (Å²) >= 11 is 1.87. The van der Waals surface area contributed by atoms with Gasteiger partial charge in [-0.15, -0.1) is 12.4 Å². The largest absolute Gasteiger partial charge is 0.460 e. The Morgan fingerprint density at radius 1 is 1.23 bits per heavy atom. The lowest BCUT2D eigenvalue weighted by atomic mass is 9.92. The average molecular weight is 477 g/mol. The molecule has 3 N–H and O–H groups in total. The molecular weight excluding hydrogens is 444 g/mol. The maximum absolute atomic E-state index is 13.0. The third-order valence-electron chi connectivity index (χ3n) is 5.47. The van der Waals surface area contributed by atoms with Gasteiger partial charge in [0.1, 0.15) is 18.2 Å². The minimum atomic E-state index is -1.92. The summed E-state index contributed by atoms with van der Waals surface area (Å²) in [4.78, 5) is 25.6. The minimum Gasteiger partial charge on any atom is -0.460 e. The predicted octanol–water partition coefficient (Wildman–Crippen LogP) is 3.37. The number of thioether (sulfide) groups is 1. The van der Waals surface area contributed by atoms with E-state index in [1.165, 1.54) is 0 Å². The molecule has 0 radical (unpaired) electrons. The topological polar surface area (TPSA) is 90.6 Å². The molecule has 9 heteroatoms. The monoisotopic (exact) mass is 476 g/mol. The Kier molecular flexibility index (Phi) is 8.55. The molecular formula is C21H33ClN2O4S2. The van der Waals surface area contributed by atoms with Crippen LogP contribution in [0.25, 0.3) is 0 Å². The molecule has 2 aliphatic heterocycles. The number of esters is 2. The Balaban J connectivity index is 0.00000320. The van der Waals surface area contributed by atoms with Crippen molar-refractivity contribution in [2.45, 2.75) is 56.6 Å². The van der Waals surface area contributed by atoms with E-state index in [4.69, 9.17) is 14.6 Å². The van der Waals surface area contributed by atoms with Crippen molar-refractivity contribution < 1.29 is 19.1 Å². The molecule has 2 aliphatic rings. The zero-order valence-electron chi connectivity index (χ0n) is 17.8. The minimum absolute atomic E-state index is 0. The average Bonchev–Trinajstić information content (AvgIpc) is 2.91. The summed E-state index contributed by atoms with van der Waals surface area (Å²) in [7, 11) is -1.92. The van der Waals surface area contributed by atoms with E-state index < -0.39 is 26.6 Å². The van der Waals surface area contributed by atoms with Gasteiger partial charge in [-0.1, -0.05) is 30.3 Å². The highest BCUT2D eigenvalue weighted by atomic mass is 35.5. The smallest absolute Gasteiger partial charge is 0.324 e. The summed E-state index contributed by atoms with van der Waals surface area (Å²) < 4.78 is 10.8. The fourth-order valence-corrected chi connectivity index (χ4v) is 8.86. The summed E-state index contributed by atoms with van der Waals surface area (Å²) in [6.07, 6.45) is 1.62. The van der Waals surface area contributed by atoms with Gasteiger partial charge in [0.15, 0.2) is 0 Å². The van der Waals surface area contributed by atoms with Crippen LogP contribution in [0.15, 0.2) is 30.3 Å². The van der Waals surface area contributed by atoms with Crippen LogP contribution in [0.2, 0.25) is 0 Å². The highest BCUT2D eigenvalue weighted by molar-refractivity contribution is 8.33. The lowest BCUT2D eigenvalue weighted by Gasteiger charge is -2.50. The number of hydrogen-bond acceptors (Lipinski definition) is 7. The zero-order chi connectivity index (χ0) is 21.1. The molecule has 1 aromatic carbocycles. The Morgan fingerprint density at radius 3 is 2.47 bits per heavy atom. The van der Waals surface area contributed by atoms with Crippen LogP contribution in [0.4, 0.5) is 0 Å². The van der Waals surface area contributed by atoms with Gasteiger partial charge >= 0.3 is 11.9 Å². The fourth-order valence-electron chi connectivity index (χ4n) is 4.09. The number of carbonyl (C=O) groups excluding carboxylic acids is 2. The van der Waals surface area contributed by atoms with E-state index in [1.54, 1.807) is 0 Å². The molecule has 3 rings (SSSR count). The molecule has 0 aliphatic carbocycles. The SMILES string of the molecule is CC(C)(C)OC(=O)CS1(N)CNC(C(=O)OCc2ccccc2)C12CCSCC2.Cl. The number of nitrogens with one attached hydrogen (secondary N) is 1. The third kappa shape index (κ3) is 5.65. The molecule has 170 valence electrons. The van der Waals surface area contributed by atoms with Crippen molar-refractivity contribution in [1.82, 2.24) is 5.32 Å². The van der Waals surface area contributed by atoms with E-state index in [1.807, 2.05) is 62.9 Å². The third-order valence-corrected chi connectivity index (χ3v) is 10.2. The standard InChI is InChI=1S/C21H32N2O4S2.ClH/c1-20(2,3)27-17(24)14-29(22)15-23-18(21(29)9-11-28-12-10-21)19(25)26-13-16-7-5-4-6-8-16;/h4-8,18,23H,9-15,22H2,1-3H3;1H. The fraction of sp³-hybridized carbons (Fsp3) is 0.619. The molecule has 2 unspecified atom stereocenters. The number of halogens is 1. The van der Waals surface area contributed by atoms with Crippen molar-refractivity contribution in [1.29, 1.82) is 0 Å². The first-order valence-electron chi connectivity index (χ1n) is 9.95. The number of carbonyl (C=O) groups is 2. The van der Waals surface area contributed by atoms with Crippen molar-refractivity contribution in [2.24, 2.45) is 5.14 Å². The number of rotatable bonds is 5. The van der Waals surface area contributed by atoms with Crippen molar-refractivity contribution >= 4 is 46.3 Å². The normalized spacial score (nSPS) is 27.5. The van der Waals surface area contributed by atoms with Gasteiger partial charge in [0.25, 0.3) is 0 Å². The number of hydrogen-bond donors (Lipinski definition) is 2. The van der Waals surface area contributed by atoms with E-state index in [-0.39, 0.29) is 36.7 Å². The van der Waals surface area contributed by atoms with Gasteiger partial charge in [0.2, 0.25) is 0 Å². The Morgan fingerprint density at radius 2 is 1.87 bits per heavy atom. The van der Waals surface area contributed by atoms with Crippen LogP contribution in [-0.2, 0) is 25.7 Å². The molecule has 1 aromatic rings. The first kappa shape index (κ1) is 25.3. The second kappa shape index (κ2) is 10.1. The maximum Gasteiger partial charge on any atom is 0.324 e. The van der Waals surface area contributed by atoms with Crippen LogP contribution in [-0.4, -0.2) is 51.5 Å². The lowest BCUT2D eigenvalue weighted by Crippen LogP contribution is -2.54. The molecule has 0 amide bonds. The molecule has 1 spiro atoms. The molecule has 0 saturated carbocycles. The summed E-state index contributed by atoms with van der Waals surface area (Å²) in [5.41, 5.74) is 0.398. The van der Waals surface area contributed by atoms with Gasteiger partial charge in [-0.05, 0) is 50.7 Å². The summed E-state index contributed by atoms with van der Waals surface area (Å²) in [5, 5.41) is 10.3. The van der Waals surface area contributed by atoms with Crippen molar-refractivity contribution in [3.63, 3.8) is 0 Å². The van der Waals surface area contributed by atoms with Crippen LogP contribution in [0.5, 0.6) is 0 Å². The Bertz CT molecular complexity index is 738. The Labute approximate surface area is 191 Å². The second-order valence-corrected chi connectivity index (χ2v) is 13.2. The number of nitrogens with two attached hydrogens (primary N) is 1. The molecule has 2 saturated heterocycles. The quantitative estimate of drug-likeness (QED) is 0.629. The van der Waals surface area contributed by atoms with Crippen LogP contribution < -0.4 is 10.5 Å². The van der Waals surface area contributed by atoms with Gasteiger partial charge in [-0.25, -0.2) is 0 Å². The Hall–Kier alpha value is -0.930. The predicted molar refractivity (Wildman–Crippen MR) is 127 cm³/mol. The first-order chi connectivity index (χ1) is 13.7. The van der Waals surface area contributed by atoms with E-state index in [0.717, 1.165) is 29.9 Å². The van der Waals surface area contributed by atoms with Crippen molar-refractivity contribution in [3.05, 3.63) is 35.9 Å².